The second-order valence-electron chi connectivity index (χ2n) is 9.04. The zero-order valence-corrected chi connectivity index (χ0v) is 22.3. The number of ether oxygens (including phenoxy) is 2. The Morgan fingerprint density at radius 3 is 1.72 bits per heavy atom. The number of hydrogen-bond acceptors (Lipinski definition) is 5. The van der Waals surface area contributed by atoms with E-state index in [1.54, 1.807) is 6.92 Å². The van der Waals surface area contributed by atoms with Crippen LogP contribution >= 0.6 is 0 Å². The van der Waals surface area contributed by atoms with E-state index in [1.165, 1.54) is 66.1 Å². The summed E-state index contributed by atoms with van der Waals surface area (Å²) in [5.41, 5.74) is -1.75. The summed E-state index contributed by atoms with van der Waals surface area (Å²) in [6.07, 6.45) is 7.41. The molecule has 0 heterocycles. The van der Waals surface area contributed by atoms with E-state index in [4.69, 9.17) is 9.47 Å². The number of esters is 2. The Balaban J connectivity index is 3.43. The van der Waals surface area contributed by atoms with Crippen molar-refractivity contribution in [1.29, 1.82) is 0 Å². The molecule has 1 fully saturated rings. The molecule has 0 amide bonds. The minimum absolute atomic E-state index is 0.0302. The Morgan fingerprint density at radius 1 is 0.966 bits per heavy atom. The van der Waals surface area contributed by atoms with E-state index in [0.717, 1.165) is 5.57 Å². The summed E-state index contributed by atoms with van der Waals surface area (Å²) >= 11 is -2.70. The van der Waals surface area contributed by atoms with Crippen LogP contribution < -0.4 is 0 Å². The molecule has 1 aliphatic rings. The number of aliphatic hydroxyl groups is 1. The molecule has 0 bridgehead atoms. The molecule has 1 unspecified atom stereocenters. The average Bonchev–Trinajstić information content (AvgIpc) is 2.98. The van der Waals surface area contributed by atoms with Crippen LogP contribution in [0.4, 0.5) is 0 Å². The van der Waals surface area contributed by atoms with Crippen molar-refractivity contribution in [2.24, 2.45) is 5.41 Å². The van der Waals surface area contributed by atoms with Gasteiger partial charge in [0.1, 0.15) is 0 Å². The third kappa shape index (κ3) is 6.46. The molecule has 0 aromatic rings. The normalized spacial score (nSPS) is 22.7. The standard InChI is InChI=1S/C11H15O5.3C4H9.Sn/c1-7-5-11(8(12)15-3,9(13)16-4)6-10(7,2)14;3*1-3-4-2;/h1,14H,5-6H2,2-4H3;3*1,3-4H2,2H3;. The van der Waals surface area contributed by atoms with Gasteiger partial charge in [0.2, 0.25) is 0 Å². The molecular formula is C23H42O5Sn. The molecule has 1 atom stereocenters. The maximum absolute atomic E-state index is 12.6. The van der Waals surface area contributed by atoms with Gasteiger partial charge in [0.05, 0.1) is 0 Å². The predicted octanol–water partition coefficient (Wildman–Crippen LogP) is 5.18. The van der Waals surface area contributed by atoms with Crippen molar-refractivity contribution in [3.8, 4) is 0 Å². The van der Waals surface area contributed by atoms with Crippen LogP contribution in [-0.4, -0.2) is 55.2 Å². The van der Waals surface area contributed by atoms with E-state index in [1.807, 2.05) is 0 Å². The minimum atomic E-state index is -2.70. The summed E-state index contributed by atoms with van der Waals surface area (Å²) in [4.78, 5) is 25.2. The molecule has 0 aromatic carbocycles. The topological polar surface area (TPSA) is 72.8 Å². The molecule has 0 spiro atoms. The zero-order chi connectivity index (χ0) is 22.1. The van der Waals surface area contributed by atoms with Gasteiger partial charge >= 0.3 is 182 Å². The number of carbonyl (C=O) groups is 2. The first-order valence-corrected chi connectivity index (χ1v) is 19.0. The van der Waals surface area contributed by atoms with Gasteiger partial charge in [-0.05, 0) is 0 Å². The van der Waals surface area contributed by atoms with Crippen molar-refractivity contribution in [2.75, 3.05) is 14.2 Å². The van der Waals surface area contributed by atoms with Gasteiger partial charge < -0.3 is 0 Å². The fourth-order valence-electron chi connectivity index (χ4n) is 4.80. The van der Waals surface area contributed by atoms with Crippen LogP contribution in [0.5, 0.6) is 0 Å². The monoisotopic (exact) mass is 518 g/mol. The zero-order valence-electron chi connectivity index (χ0n) is 19.4. The van der Waals surface area contributed by atoms with E-state index in [2.05, 4.69) is 24.9 Å². The van der Waals surface area contributed by atoms with Crippen molar-refractivity contribution in [3.63, 3.8) is 0 Å². The average molecular weight is 517 g/mol. The van der Waals surface area contributed by atoms with Crippen molar-refractivity contribution >= 4 is 30.3 Å². The van der Waals surface area contributed by atoms with Gasteiger partial charge in [-0.15, -0.1) is 0 Å². The van der Waals surface area contributed by atoms with Gasteiger partial charge in [-0.3, -0.25) is 0 Å². The van der Waals surface area contributed by atoms with Crippen LogP contribution in [0.1, 0.15) is 79.1 Å². The molecule has 0 saturated heterocycles. The number of rotatable bonds is 12. The summed E-state index contributed by atoms with van der Waals surface area (Å²) in [6.45, 7) is 8.43. The molecule has 6 heteroatoms. The van der Waals surface area contributed by atoms with Crippen LogP contribution in [0.3, 0.4) is 0 Å². The van der Waals surface area contributed by atoms with Gasteiger partial charge in [-0.1, -0.05) is 0 Å². The van der Waals surface area contributed by atoms with E-state index < -0.39 is 41.3 Å². The molecule has 0 aliphatic heterocycles. The van der Waals surface area contributed by atoms with Crippen molar-refractivity contribution in [2.45, 2.75) is 98.0 Å². The van der Waals surface area contributed by atoms with Crippen LogP contribution in [-0.2, 0) is 19.1 Å². The summed E-state index contributed by atoms with van der Waals surface area (Å²) < 4.78 is 16.2. The Kier molecular flexibility index (Phi) is 10.7. The SMILES string of the molecule is CCC[CH2][Sn](/[CH]=C1\CC(C(=O)OC)(C(=O)OC)CC1(C)O)([CH2]CCC)[CH2]CCC. The van der Waals surface area contributed by atoms with Crippen LogP contribution in [0.15, 0.2) is 9.67 Å². The number of unbranched alkanes of at least 4 members (excludes halogenated alkanes) is 3. The first kappa shape index (κ1) is 26.5. The third-order valence-electron chi connectivity index (χ3n) is 6.55. The van der Waals surface area contributed by atoms with Gasteiger partial charge in [0.25, 0.3) is 0 Å². The quantitative estimate of drug-likeness (QED) is 0.220. The van der Waals surface area contributed by atoms with E-state index in [9.17, 15) is 14.7 Å². The first-order valence-electron chi connectivity index (χ1n) is 11.3. The summed E-state index contributed by atoms with van der Waals surface area (Å²) in [6, 6.07) is 0. The summed E-state index contributed by atoms with van der Waals surface area (Å²) in [7, 11) is 2.58. The molecule has 1 saturated carbocycles. The summed E-state index contributed by atoms with van der Waals surface area (Å²) in [5.74, 6) is -1.21. The molecule has 1 N–H and O–H groups in total. The first-order chi connectivity index (χ1) is 13.7. The van der Waals surface area contributed by atoms with Gasteiger partial charge in [0, 0.05) is 0 Å². The van der Waals surface area contributed by atoms with E-state index in [-0.39, 0.29) is 12.8 Å². The Bertz CT molecular complexity index is 544. The van der Waals surface area contributed by atoms with Crippen molar-refractivity contribution < 1.29 is 24.2 Å². The molecular weight excluding hydrogens is 475 g/mol. The number of methoxy groups -OCH3 is 2. The second kappa shape index (κ2) is 11.7. The second-order valence-corrected chi connectivity index (χ2v) is 21.9. The Hall–Kier alpha value is -0.561. The van der Waals surface area contributed by atoms with E-state index >= 15 is 0 Å². The Morgan fingerprint density at radius 2 is 1.38 bits per heavy atom. The fourth-order valence-corrected chi connectivity index (χ4v) is 20.5. The van der Waals surface area contributed by atoms with Crippen molar-refractivity contribution in [1.82, 2.24) is 0 Å². The van der Waals surface area contributed by atoms with Crippen LogP contribution in [0.2, 0.25) is 13.3 Å². The van der Waals surface area contributed by atoms with Gasteiger partial charge in [-0.25, -0.2) is 0 Å². The molecule has 1 rings (SSSR count). The van der Waals surface area contributed by atoms with Gasteiger partial charge in [0.15, 0.2) is 0 Å². The van der Waals surface area contributed by atoms with Crippen molar-refractivity contribution in [3.05, 3.63) is 9.67 Å². The molecule has 168 valence electrons. The maximum atomic E-state index is 12.6. The molecule has 0 aromatic heterocycles. The van der Waals surface area contributed by atoms with Crippen LogP contribution in [0, 0.1) is 5.41 Å². The number of carbonyl (C=O) groups excluding carboxylic acids is 2. The number of hydrogen-bond donors (Lipinski definition) is 1. The Labute approximate surface area is 181 Å². The van der Waals surface area contributed by atoms with Crippen LogP contribution in [0.25, 0.3) is 0 Å². The third-order valence-corrected chi connectivity index (χ3v) is 20.8. The predicted molar refractivity (Wildman–Crippen MR) is 119 cm³/mol. The molecule has 1 aliphatic carbocycles. The molecule has 29 heavy (non-hydrogen) atoms. The summed E-state index contributed by atoms with van der Waals surface area (Å²) in [5, 5.41) is 11.3. The molecule has 5 nitrogen and oxygen atoms in total. The van der Waals surface area contributed by atoms with E-state index in [0.29, 0.717) is 0 Å². The fraction of sp³-hybridized carbons (Fsp3) is 0.826. The molecule has 0 radical (unpaired) electrons. The van der Waals surface area contributed by atoms with Gasteiger partial charge in [-0.2, -0.15) is 0 Å².